The van der Waals surface area contributed by atoms with E-state index in [0.29, 0.717) is 5.95 Å². The Morgan fingerprint density at radius 3 is 1.67 bits per heavy atom. The van der Waals surface area contributed by atoms with Crippen molar-refractivity contribution in [2.45, 2.75) is 0 Å². The molecule has 57 heavy (non-hydrogen) atoms. The second kappa shape index (κ2) is 12.4. The topological polar surface area (TPSA) is 40.6 Å². The lowest BCUT2D eigenvalue weighted by Crippen LogP contribution is -2.03. The first-order valence-corrected chi connectivity index (χ1v) is 19.3. The molecule has 0 atom stereocenters. The van der Waals surface area contributed by atoms with Gasteiger partial charge in [-0.25, -0.2) is 9.97 Å². The summed E-state index contributed by atoms with van der Waals surface area (Å²) in [6, 6.07) is 69.1. The molecule has 0 radical (unpaired) electrons. The third-order valence-electron chi connectivity index (χ3n) is 11.5. The average molecular weight is 728 g/mol. The van der Waals surface area contributed by atoms with Crippen LogP contribution in [-0.2, 0) is 0 Å². The van der Waals surface area contributed by atoms with Gasteiger partial charge in [0.1, 0.15) is 0 Å². The zero-order valence-electron chi connectivity index (χ0n) is 30.8. The Hall–Kier alpha value is -7.76. The fourth-order valence-electron chi connectivity index (χ4n) is 8.83. The van der Waals surface area contributed by atoms with Gasteiger partial charge < -0.3 is 9.13 Å². The molecule has 266 valence electrons. The molecule has 0 aliphatic heterocycles. The molecule has 0 N–H and O–H groups in total. The van der Waals surface area contributed by atoms with Gasteiger partial charge in [-0.15, -0.1) is 0 Å². The van der Waals surface area contributed by atoms with Crippen molar-refractivity contribution in [2.24, 2.45) is 0 Å². The number of hydrogen-bond donors (Lipinski definition) is 0. The van der Waals surface area contributed by atoms with Crippen LogP contribution in [0.1, 0.15) is 0 Å². The zero-order chi connectivity index (χ0) is 37.5. The Morgan fingerprint density at radius 2 is 0.895 bits per heavy atom. The molecule has 0 amide bonds. The summed E-state index contributed by atoms with van der Waals surface area (Å²) in [7, 11) is 0. The van der Waals surface area contributed by atoms with Crippen molar-refractivity contribution in [3.05, 3.63) is 200 Å². The largest absolute Gasteiger partial charge is 0.316 e. The molecule has 12 aromatic rings. The summed E-state index contributed by atoms with van der Waals surface area (Å²) < 4.78 is 6.95. The van der Waals surface area contributed by atoms with Crippen molar-refractivity contribution in [3.8, 4) is 39.7 Å². The second-order valence-corrected chi connectivity index (χ2v) is 14.7. The van der Waals surface area contributed by atoms with Crippen molar-refractivity contribution in [1.82, 2.24) is 23.7 Å². The van der Waals surface area contributed by atoms with E-state index in [9.17, 15) is 0 Å². The number of hydrogen-bond acceptors (Lipinski definition) is 2. The van der Waals surface area contributed by atoms with E-state index >= 15 is 0 Å². The van der Waals surface area contributed by atoms with Crippen LogP contribution in [0.15, 0.2) is 200 Å². The molecule has 0 fully saturated rings. The quantitative estimate of drug-likeness (QED) is 0.177. The maximum absolute atomic E-state index is 5.43. The van der Waals surface area contributed by atoms with Crippen LogP contribution in [0.4, 0.5) is 0 Å². The minimum Gasteiger partial charge on any atom is -0.316 e. The highest BCUT2D eigenvalue weighted by molar-refractivity contribution is 6.20. The number of rotatable bonds is 5. The van der Waals surface area contributed by atoms with E-state index < -0.39 is 0 Å². The first-order valence-electron chi connectivity index (χ1n) is 19.3. The first-order chi connectivity index (χ1) is 28.3. The molecular formula is C52H33N5. The molecule has 0 unspecified atom stereocenters. The van der Waals surface area contributed by atoms with Crippen LogP contribution in [0, 0.1) is 0 Å². The van der Waals surface area contributed by atoms with Crippen LogP contribution in [-0.4, -0.2) is 23.7 Å². The van der Waals surface area contributed by atoms with Gasteiger partial charge in [-0.1, -0.05) is 127 Å². The van der Waals surface area contributed by atoms with E-state index in [1.165, 1.54) is 32.8 Å². The maximum Gasteiger partial charge on any atom is 0.235 e. The SMILES string of the molecule is c1ccc(-c2ccc(-c3nc(-n4c5ccccc5c5cc6c7cc8ccn(-c9ccccc9)c8cc7n(-c7ccccc7)c6cc54)nc4ccccc34)cc2)cc1. The van der Waals surface area contributed by atoms with Gasteiger partial charge in [-0.3, -0.25) is 4.57 Å². The molecule has 0 saturated heterocycles. The van der Waals surface area contributed by atoms with Crippen LogP contribution in [0.5, 0.6) is 0 Å². The molecule has 0 bridgehead atoms. The van der Waals surface area contributed by atoms with Gasteiger partial charge in [0.25, 0.3) is 0 Å². The molecule has 8 aromatic carbocycles. The molecule has 0 aliphatic carbocycles. The minimum absolute atomic E-state index is 0.645. The third-order valence-corrected chi connectivity index (χ3v) is 11.5. The smallest absolute Gasteiger partial charge is 0.235 e. The Kier molecular flexibility index (Phi) is 6.86. The maximum atomic E-state index is 5.43. The lowest BCUT2D eigenvalue weighted by molar-refractivity contribution is 1.01. The molecular weight excluding hydrogens is 695 g/mol. The summed E-state index contributed by atoms with van der Waals surface area (Å²) in [5, 5.41) is 6.98. The van der Waals surface area contributed by atoms with Gasteiger partial charge in [-0.05, 0) is 77.9 Å². The van der Waals surface area contributed by atoms with Gasteiger partial charge in [0.2, 0.25) is 5.95 Å². The Labute approximate surface area is 328 Å². The van der Waals surface area contributed by atoms with Crippen LogP contribution in [0.2, 0.25) is 0 Å². The summed E-state index contributed by atoms with van der Waals surface area (Å²) in [6.45, 7) is 0. The molecule has 5 nitrogen and oxygen atoms in total. The summed E-state index contributed by atoms with van der Waals surface area (Å²) in [5.41, 5.74) is 13.1. The number of para-hydroxylation sites is 4. The molecule has 5 heteroatoms. The van der Waals surface area contributed by atoms with Gasteiger partial charge in [-0.2, -0.15) is 0 Å². The van der Waals surface area contributed by atoms with Crippen molar-refractivity contribution in [1.29, 1.82) is 0 Å². The fourth-order valence-corrected chi connectivity index (χ4v) is 8.83. The highest BCUT2D eigenvalue weighted by Crippen LogP contribution is 2.41. The Morgan fingerprint density at radius 1 is 0.333 bits per heavy atom. The summed E-state index contributed by atoms with van der Waals surface area (Å²) in [6.07, 6.45) is 2.18. The van der Waals surface area contributed by atoms with Crippen LogP contribution < -0.4 is 0 Å². The molecule has 0 saturated carbocycles. The minimum atomic E-state index is 0.645. The van der Waals surface area contributed by atoms with Gasteiger partial charge in [0.05, 0.1) is 38.8 Å². The van der Waals surface area contributed by atoms with Crippen molar-refractivity contribution in [2.75, 3.05) is 0 Å². The Bertz CT molecular complexity index is 3490. The highest BCUT2D eigenvalue weighted by atomic mass is 15.2. The van der Waals surface area contributed by atoms with E-state index in [2.05, 4.69) is 214 Å². The normalized spacial score (nSPS) is 11.9. The van der Waals surface area contributed by atoms with Crippen molar-refractivity contribution >= 4 is 65.4 Å². The predicted molar refractivity (Wildman–Crippen MR) is 236 cm³/mol. The standard InChI is InChI=1S/C52H33N5/c1-4-14-34(15-5-1)35-24-26-36(27-25-35)51-41-21-10-12-22-45(41)53-52(54-51)57-46-23-13-11-20-40(46)43-31-44-42-30-37-28-29-55(38-16-6-2-7-17-38)47(37)32-48(42)56(49(44)33-50(43)57)39-18-8-3-9-19-39/h1-33H. The van der Waals surface area contributed by atoms with E-state index in [1.54, 1.807) is 0 Å². The van der Waals surface area contributed by atoms with E-state index in [-0.39, 0.29) is 0 Å². The highest BCUT2D eigenvalue weighted by Gasteiger charge is 2.22. The van der Waals surface area contributed by atoms with E-state index in [1.807, 2.05) is 0 Å². The number of nitrogens with zero attached hydrogens (tertiary/aromatic N) is 5. The lowest BCUT2D eigenvalue weighted by atomic mass is 10.0. The van der Waals surface area contributed by atoms with Crippen molar-refractivity contribution in [3.63, 3.8) is 0 Å². The van der Waals surface area contributed by atoms with Crippen molar-refractivity contribution < 1.29 is 0 Å². The van der Waals surface area contributed by atoms with E-state index in [0.717, 1.165) is 66.4 Å². The summed E-state index contributed by atoms with van der Waals surface area (Å²) in [4.78, 5) is 10.7. The number of benzene rings is 8. The molecule has 0 spiro atoms. The van der Waals surface area contributed by atoms with Gasteiger partial charge >= 0.3 is 0 Å². The first kappa shape index (κ1) is 31.6. The van der Waals surface area contributed by atoms with E-state index in [4.69, 9.17) is 9.97 Å². The molecule has 4 heterocycles. The summed E-state index contributed by atoms with van der Waals surface area (Å²) >= 11 is 0. The monoisotopic (exact) mass is 727 g/mol. The second-order valence-electron chi connectivity index (χ2n) is 14.7. The average Bonchev–Trinajstić information content (AvgIpc) is 3.94. The van der Waals surface area contributed by atoms with Gasteiger partial charge in [0.15, 0.2) is 0 Å². The van der Waals surface area contributed by atoms with Crippen LogP contribution >= 0.6 is 0 Å². The molecule has 4 aromatic heterocycles. The lowest BCUT2D eigenvalue weighted by Gasteiger charge is -2.13. The summed E-state index contributed by atoms with van der Waals surface area (Å²) in [5.74, 6) is 0.645. The van der Waals surface area contributed by atoms with Crippen LogP contribution in [0.25, 0.3) is 105 Å². The molecule has 12 rings (SSSR count). The Balaban J connectivity index is 1.14. The van der Waals surface area contributed by atoms with Gasteiger partial charge in [0, 0.05) is 55.5 Å². The fraction of sp³-hybridized carbons (Fsp3) is 0. The predicted octanol–water partition coefficient (Wildman–Crippen LogP) is 13.1. The number of fused-ring (bicyclic) bond motifs is 8. The third kappa shape index (κ3) is 4.89. The number of aromatic nitrogens is 5. The molecule has 0 aliphatic rings. The van der Waals surface area contributed by atoms with Crippen LogP contribution in [0.3, 0.4) is 0 Å². The zero-order valence-corrected chi connectivity index (χ0v) is 30.8.